The third-order valence-corrected chi connectivity index (χ3v) is 11.7. The van der Waals surface area contributed by atoms with Crippen molar-refractivity contribution in [2.24, 2.45) is 4.99 Å². The van der Waals surface area contributed by atoms with E-state index in [-0.39, 0.29) is 50.8 Å². The van der Waals surface area contributed by atoms with Crippen LogP contribution in [0.3, 0.4) is 0 Å². The summed E-state index contributed by atoms with van der Waals surface area (Å²) in [6.45, 7) is 2.72. The molecule has 4 aromatic carbocycles. The summed E-state index contributed by atoms with van der Waals surface area (Å²) in [5.41, 5.74) is 0.848. The molecule has 1 N–H and O–H groups in total. The van der Waals surface area contributed by atoms with E-state index < -0.39 is 19.7 Å². The zero-order valence-corrected chi connectivity index (χ0v) is 28.9. The van der Waals surface area contributed by atoms with Crippen molar-refractivity contribution in [1.82, 2.24) is 5.32 Å². The number of anilines is 2. The van der Waals surface area contributed by atoms with Crippen LogP contribution in [-0.4, -0.2) is 73.9 Å². The molecule has 51 heavy (non-hydrogen) atoms. The number of amidine groups is 1. The van der Waals surface area contributed by atoms with Crippen LogP contribution in [0.1, 0.15) is 12.8 Å². The normalized spacial score (nSPS) is 14.9. The Balaban J connectivity index is 0.000000177. The second-order valence-electron chi connectivity index (χ2n) is 11.4. The maximum Gasteiger partial charge on any atom is 0.241 e. The van der Waals surface area contributed by atoms with Crippen LogP contribution in [0.15, 0.2) is 122 Å². The molecular formula is C36H33N5O8S2. The molecule has 262 valence electrons. The Kier molecular flexibility index (Phi) is 10.4. The average Bonchev–Trinajstić information content (AvgIpc) is 3.68. The molecule has 3 aliphatic heterocycles. The molecule has 0 spiro atoms. The predicted molar refractivity (Wildman–Crippen MR) is 188 cm³/mol. The van der Waals surface area contributed by atoms with Crippen LogP contribution in [-0.2, 0) is 29.3 Å². The molecule has 0 saturated carbocycles. The molecule has 7 rings (SSSR count). The monoisotopic (exact) mass is 727 g/mol. The molecule has 0 saturated heterocycles. The average molecular weight is 728 g/mol. The van der Waals surface area contributed by atoms with Crippen molar-refractivity contribution in [1.29, 1.82) is 5.26 Å². The summed E-state index contributed by atoms with van der Waals surface area (Å²) in [5.74, 6) is 1.09. The van der Waals surface area contributed by atoms with Gasteiger partial charge in [0.2, 0.25) is 31.5 Å². The van der Waals surface area contributed by atoms with E-state index in [4.69, 9.17) is 14.7 Å². The standard InChI is InChI=1S/C19H19N3O4S.C17H14N2O4S/c23-19(13-18-20-8-9-21-18)22-10-11-26-17-7-6-15(12-16(17)22)27(24,25)14-4-2-1-3-5-14;18-9-8-17(20)19-10-11-23-16-7-6-14(12-15(16)19)24(21,22)13-4-2-1-3-5-13/h1-7,12H,8-11,13H2,(H,20,21);1-7,12H,8,10-11H2. The molecule has 2 amide bonds. The van der Waals surface area contributed by atoms with E-state index in [9.17, 15) is 26.4 Å². The third kappa shape index (κ3) is 7.57. The lowest BCUT2D eigenvalue weighted by atomic mass is 10.2. The van der Waals surface area contributed by atoms with Crippen molar-refractivity contribution >= 4 is 48.7 Å². The maximum absolute atomic E-state index is 12.9. The molecule has 3 heterocycles. The first-order chi connectivity index (χ1) is 24.6. The first kappa shape index (κ1) is 35.1. The summed E-state index contributed by atoms with van der Waals surface area (Å²) in [5, 5.41) is 11.8. The van der Waals surface area contributed by atoms with E-state index in [1.165, 1.54) is 47.4 Å². The summed E-state index contributed by atoms with van der Waals surface area (Å²) in [6, 6.07) is 27.2. The van der Waals surface area contributed by atoms with Gasteiger partial charge in [-0.05, 0) is 60.7 Å². The number of amides is 2. The lowest BCUT2D eigenvalue weighted by Crippen LogP contribution is -2.40. The van der Waals surface area contributed by atoms with Crippen LogP contribution >= 0.6 is 0 Å². The Hall–Kier alpha value is -5.72. The smallest absolute Gasteiger partial charge is 0.241 e. The SMILES string of the molecule is N#CCC(=O)N1CCOc2ccc(S(=O)(=O)c3ccccc3)cc21.O=C(CC1=NCCN1)N1CCOc2ccc(S(=O)(=O)c3ccccc3)cc21. The molecule has 0 aliphatic carbocycles. The number of ether oxygens (including phenoxy) is 2. The molecule has 13 nitrogen and oxygen atoms in total. The molecular weight excluding hydrogens is 695 g/mol. The highest BCUT2D eigenvalue weighted by atomic mass is 32.2. The Bertz CT molecular complexity index is 2240. The van der Waals surface area contributed by atoms with Gasteiger partial charge in [-0.15, -0.1) is 0 Å². The van der Waals surface area contributed by atoms with E-state index in [0.717, 1.165) is 6.54 Å². The van der Waals surface area contributed by atoms with Crippen molar-refractivity contribution in [3.05, 3.63) is 97.1 Å². The first-order valence-electron chi connectivity index (χ1n) is 16.0. The largest absolute Gasteiger partial charge is 0.490 e. The van der Waals surface area contributed by atoms with Crippen LogP contribution in [0.2, 0.25) is 0 Å². The summed E-state index contributed by atoms with van der Waals surface area (Å²) in [6.07, 6.45) is -0.107. The third-order valence-electron chi connectivity index (χ3n) is 8.21. The number of benzene rings is 4. The fourth-order valence-electron chi connectivity index (χ4n) is 5.69. The van der Waals surface area contributed by atoms with E-state index in [0.29, 0.717) is 55.0 Å². The highest BCUT2D eigenvalue weighted by Gasteiger charge is 2.29. The van der Waals surface area contributed by atoms with Crippen molar-refractivity contribution in [2.75, 3.05) is 49.2 Å². The number of nitrogens with one attached hydrogen (secondary N) is 1. The number of carbonyl (C=O) groups excluding carboxylic acids is 2. The number of hydrogen-bond donors (Lipinski definition) is 1. The van der Waals surface area contributed by atoms with Gasteiger partial charge in [0.25, 0.3) is 0 Å². The number of fused-ring (bicyclic) bond motifs is 2. The summed E-state index contributed by atoms with van der Waals surface area (Å²) >= 11 is 0. The second-order valence-corrected chi connectivity index (χ2v) is 15.3. The van der Waals surface area contributed by atoms with Crippen molar-refractivity contribution < 1.29 is 35.9 Å². The number of carbonyl (C=O) groups is 2. The molecule has 4 aromatic rings. The predicted octanol–water partition coefficient (Wildman–Crippen LogP) is 3.80. The van der Waals surface area contributed by atoms with Crippen molar-refractivity contribution in [3.63, 3.8) is 0 Å². The lowest BCUT2D eigenvalue weighted by Gasteiger charge is -2.30. The minimum atomic E-state index is -3.69. The van der Waals surface area contributed by atoms with Crippen LogP contribution in [0.25, 0.3) is 0 Å². The van der Waals surface area contributed by atoms with Crippen LogP contribution in [0.4, 0.5) is 11.4 Å². The van der Waals surface area contributed by atoms with Gasteiger partial charge >= 0.3 is 0 Å². The molecule has 0 fully saturated rings. The van der Waals surface area contributed by atoms with Gasteiger partial charge < -0.3 is 24.6 Å². The minimum Gasteiger partial charge on any atom is -0.490 e. The van der Waals surface area contributed by atoms with Crippen molar-refractivity contribution in [2.45, 2.75) is 32.4 Å². The zero-order chi connectivity index (χ0) is 36.0. The summed E-state index contributed by atoms with van der Waals surface area (Å²) in [4.78, 5) is 32.7. The van der Waals surface area contributed by atoms with Gasteiger partial charge in [0.1, 0.15) is 37.0 Å². The Morgan fingerprint density at radius 1 is 0.706 bits per heavy atom. The molecule has 0 atom stereocenters. The van der Waals surface area contributed by atoms with Gasteiger partial charge in [-0.25, -0.2) is 16.8 Å². The maximum atomic E-state index is 12.9. The number of nitrogens with zero attached hydrogens (tertiary/aromatic N) is 4. The molecule has 0 bridgehead atoms. The van der Waals surface area contributed by atoms with Gasteiger partial charge in [-0.3, -0.25) is 14.6 Å². The molecule has 3 aliphatic rings. The summed E-state index contributed by atoms with van der Waals surface area (Å²) in [7, 11) is -7.37. The molecule has 0 unspecified atom stereocenters. The number of hydrogen-bond acceptors (Lipinski definition) is 11. The van der Waals surface area contributed by atoms with E-state index in [2.05, 4.69) is 10.3 Å². The van der Waals surface area contributed by atoms with Crippen molar-refractivity contribution in [3.8, 4) is 17.6 Å². The highest BCUT2D eigenvalue weighted by Crippen LogP contribution is 2.37. The fraction of sp³-hybridized carbons (Fsp3) is 0.222. The minimum absolute atomic E-state index is 0.0766. The molecule has 15 heteroatoms. The molecule has 0 aromatic heterocycles. The van der Waals surface area contributed by atoms with Gasteiger partial charge in [-0.2, -0.15) is 5.26 Å². The lowest BCUT2D eigenvalue weighted by molar-refractivity contribution is -0.118. The van der Waals surface area contributed by atoms with E-state index in [1.54, 1.807) is 59.5 Å². The molecule has 0 radical (unpaired) electrons. The number of sulfone groups is 2. The van der Waals surface area contributed by atoms with Crippen LogP contribution in [0, 0.1) is 11.3 Å². The first-order valence-corrected chi connectivity index (χ1v) is 18.9. The number of rotatable bonds is 7. The zero-order valence-electron chi connectivity index (χ0n) is 27.3. The van der Waals surface area contributed by atoms with Gasteiger partial charge in [0.15, 0.2) is 0 Å². The Labute approximate surface area is 295 Å². The topological polar surface area (TPSA) is 176 Å². The fourth-order valence-corrected chi connectivity index (χ4v) is 8.29. The van der Waals surface area contributed by atoms with Gasteiger partial charge in [-0.1, -0.05) is 36.4 Å². The second kappa shape index (κ2) is 15.0. The van der Waals surface area contributed by atoms with Crippen LogP contribution < -0.4 is 24.6 Å². The quantitative estimate of drug-likeness (QED) is 0.295. The number of nitriles is 1. The van der Waals surface area contributed by atoms with Gasteiger partial charge in [0, 0.05) is 6.54 Å². The van der Waals surface area contributed by atoms with E-state index in [1.807, 2.05) is 6.07 Å². The van der Waals surface area contributed by atoms with Crippen LogP contribution in [0.5, 0.6) is 11.5 Å². The Morgan fingerprint density at radius 2 is 1.20 bits per heavy atom. The Morgan fingerprint density at radius 3 is 1.65 bits per heavy atom. The van der Waals surface area contributed by atoms with E-state index >= 15 is 0 Å². The summed E-state index contributed by atoms with van der Waals surface area (Å²) < 4.78 is 62.3. The van der Waals surface area contributed by atoms with Gasteiger partial charge in [0.05, 0.1) is 63.1 Å². The number of aliphatic imine (C=N–C) groups is 1. The highest BCUT2D eigenvalue weighted by molar-refractivity contribution is 7.91.